The lowest BCUT2D eigenvalue weighted by Gasteiger charge is -2.37. The Morgan fingerprint density at radius 1 is 1.33 bits per heavy atom. The third-order valence-corrected chi connectivity index (χ3v) is 3.99. The molecule has 0 radical (unpaired) electrons. The van der Waals surface area contributed by atoms with Crippen molar-refractivity contribution in [2.24, 2.45) is 0 Å². The Kier molecular flexibility index (Phi) is 5.74. The van der Waals surface area contributed by atoms with Gasteiger partial charge in [0.15, 0.2) is 0 Å². The van der Waals surface area contributed by atoms with Gasteiger partial charge in [0, 0.05) is 19.6 Å². The molecular formula is C15H18ClFN4O3. The second-order valence-electron chi connectivity index (χ2n) is 5.57. The summed E-state index contributed by atoms with van der Waals surface area (Å²) in [6.07, 6.45) is 0. The number of hydrogen-bond donors (Lipinski definition) is 2. The first kappa shape index (κ1) is 18.2. The SMILES string of the molecule is Cl.O=C1CN(CC(=O)N2CCNCC2c2cccc(F)c2)C(=O)N1. The molecule has 1 atom stereocenters. The normalized spacial score (nSPS) is 20.6. The van der Waals surface area contributed by atoms with Crippen LogP contribution in [0.5, 0.6) is 0 Å². The Morgan fingerprint density at radius 3 is 2.79 bits per heavy atom. The van der Waals surface area contributed by atoms with E-state index in [4.69, 9.17) is 0 Å². The van der Waals surface area contributed by atoms with E-state index in [1.807, 2.05) is 0 Å². The standard InChI is InChI=1S/C15H17FN4O3.ClH/c16-11-3-1-2-10(6-11)12-7-17-4-5-20(12)14(22)9-19-8-13(21)18-15(19)23;/h1-3,6,12,17H,4-5,7-9H2,(H,18,21,23);1H. The van der Waals surface area contributed by atoms with E-state index in [1.54, 1.807) is 17.0 Å². The lowest BCUT2D eigenvalue weighted by Crippen LogP contribution is -2.51. The van der Waals surface area contributed by atoms with Crippen LogP contribution in [0.15, 0.2) is 24.3 Å². The van der Waals surface area contributed by atoms with Crippen molar-refractivity contribution in [3.8, 4) is 0 Å². The van der Waals surface area contributed by atoms with Gasteiger partial charge in [-0.15, -0.1) is 12.4 Å². The third-order valence-electron chi connectivity index (χ3n) is 3.99. The summed E-state index contributed by atoms with van der Waals surface area (Å²) in [6.45, 7) is 1.33. The first-order valence-corrected chi connectivity index (χ1v) is 7.39. The zero-order chi connectivity index (χ0) is 16.4. The number of rotatable bonds is 3. The molecular weight excluding hydrogens is 339 g/mol. The molecule has 3 rings (SSSR count). The van der Waals surface area contributed by atoms with Crippen LogP contribution in [0, 0.1) is 5.82 Å². The Hall–Kier alpha value is -2.19. The van der Waals surface area contributed by atoms with E-state index in [9.17, 15) is 18.8 Å². The van der Waals surface area contributed by atoms with Crippen molar-refractivity contribution in [2.45, 2.75) is 6.04 Å². The van der Waals surface area contributed by atoms with Crippen LogP contribution in [0.25, 0.3) is 0 Å². The van der Waals surface area contributed by atoms with E-state index in [-0.39, 0.29) is 43.3 Å². The highest BCUT2D eigenvalue weighted by molar-refractivity contribution is 6.03. The molecule has 0 saturated carbocycles. The van der Waals surface area contributed by atoms with Crippen molar-refractivity contribution in [1.29, 1.82) is 0 Å². The van der Waals surface area contributed by atoms with E-state index in [0.717, 1.165) is 0 Å². The fourth-order valence-electron chi connectivity index (χ4n) is 2.88. The average Bonchev–Trinajstić information content (AvgIpc) is 2.85. The lowest BCUT2D eigenvalue weighted by molar-refractivity contribution is -0.135. The number of nitrogens with one attached hydrogen (secondary N) is 2. The summed E-state index contributed by atoms with van der Waals surface area (Å²) in [5, 5.41) is 5.32. The first-order chi connectivity index (χ1) is 11.0. The van der Waals surface area contributed by atoms with Crippen molar-refractivity contribution in [2.75, 3.05) is 32.7 Å². The van der Waals surface area contributed by atoms with Gasteiger partial charge in [0.05, 0.1) is 6.04 Å². The fraction of sp³-hybridized carbons (Fsp3) is 0.400. The van der Waals surface area contributed by atoms with Crippen LogP contribution < -0.4 is 10.6 Å². The van der Waals surface area contributed by atoms with Gasteiger partial charge in [-0.05, 0) is 17.7 Å². The van der Waals surface area contributed by atoms with Crippen molar-refractivity contribution in [3.63, 3.8) is 0 Å². The number of carbonyl (C=O) groups excluding carboxylic acids is 3. The van der Waals surface area contributed by atoms with Crippen molar-refractivity contribution in [1.82, 2.24) is 20.4 Å². The van der Waals surface area contributed by atoms with Crippen LogP contribution in [0.2, 0.25) is 0 Å². The molecule has 1 unspecified atom stereocenters. The number of benzene rings is 1. The second kappa shape index (κ2) is 7.59. The summed E-state index contributed by atoms with van der Waals surface area (Å²) in [6, 6.07) is 5.28. The predicted octanol–water partition coefficient (Wildman–Crippen LogP) is 0.272. The number of amides is 4. The summed E-state index contributed by atoms with van der Waals surface area (Å²) < 4.78 is 13.4. The van der Waals surface area contributed by atoms with Gasteiger partial charge in [-0.1, -0.05) is 12.1 Å². The molecule has 1 aromatic rings. The summed E-state index contributed by atoms with van der Waals surface area (Å²) in [7, 11) is 0. The summed E-state index contributed by atoms with van der Waals surface area (Å²) in [4.78, 5) is 38.1. The van der Waals surface area contributed by atoms with Crippen LogP contribution in [0.4, 0.5) is 9.18 Å². The predicted molar refractivity (Wildman–Crippen MR) is 86.1 cm³/mol. The van der Waals surface area contributed by atoms with E-state index in [1.165, 1.54) is 17.0 Å². The minimum atomic E-state index is -0.555. The van der Waals surface area contributed by atoms with Crippen molar-refractivity contribution in [3.05, 3.63) is 35.6 Å². The Balaban J connectivity index is 0.00000208. The van der Waals surface area contributed by atoms with Crippen LogP contribution >= 0.6 is 12.4 Å². The minimum absolute atomic E-state index is 0. The third kappa shape index (κ3) is 3.82. The van der Waals surface area contributed by atoms with Crippen LogP contribution in [-0.2, 0) is 9.59 Å². The summed E-state index contributed by atoms with van der Waals surface area (Å²) >= 11 is 0. The minimum Gasteiger partial charge on any atom is -0.332 e. The van der Waals surface area contributed by atoms with E-state index >= 15 is 0 Å². The van der Waals surface area contributed by atoms with E-state index < -0.39 is 11.9 Å². The summed E-state index contributed by atoms with van der Waals surface area (Å²) in [5.74, 6) is -1.03. The van der Waals surface area contributed by atoms with Gasteiger partial charge >= 0.3 is 6.03 Å². The molecule has 24 heavy (non-hydrogen) atoms. The zero-order valence-electron chi connectivity index (χ0n) is 12.8. The Labute approximate surface area is 144 Å². The van der Waals surface area contributed by atoms with Crippen LogP contribution in [-0.4, -0.2) is 60.4 Å². The molecule has 2 heterocycles. The van der Waals surface area contributed by atoms with Gasteiger partial charge in [0.1, 0.15) is 18.9 Å². The van der Waals surface area contributed by atoms with Crippen molar-refractivity contribution < 1.29 is 18.8 Å². The van der Waals surface area contributed by atoms with Crippen LogP contribution in [0.3, 0.4) is 0 Å². The highest BCUT2D eigenvalue weighted by Gasteiger charge is 2.33. The van der Waals surface area contributed by atoms with E-state index in [2.05, 4.69) is 10.6 Å². The van der Waals surface area contributed by atoms with Crippen LogP contribution in [0.1, 0.15) is 11.6 Å². The highest BCUT2D eigenvalue weighted by atomic mass is 35.5. The average molecular weight is 357 g/mol. The molecule has 0 aliphatic carbocycles. The maximum atomic E-state index is 13.4. The Bertz CT molecular complexity index is 657. The maximum absolute atomic E-state index is 13.4. The van der Waals surface area contributed by atoms with Gasteiger partial charge < -0.3 is 15.1 Å². The molecule has 9 heteroatoms. The smallest absolute Gasteiger partial charge is 0.325 e. The molecule has 2 aliphatic heterocycles. The van der Waals surface area contributed by atoms with Gasteiger partial charge in [0.2, 0.25) is 11.8 Å². The monoisotopic (exact) mass is 356 g/mol. The molecule has 7 nitrogen and oxygen atoms in total. The number of imide groups is 1. The fourth-order valence-corrected chi connectivity index (χ4v) is 2.88. The number of urea groups is 1. The second-order valence-corrected chi connectivity index (χ2v) is 5.57. The van der Waals surface area contributed by atoms with Gasteiger partial charge in [0.25, 0.3) is 0 Å². The molecule has 0 aromatic heterocycles. The van der Waals surface area contributed by atoms with Gasteiger partial charge in [-0.3, -0.25) is 14.9 Å². The summed E-state index contributed by atoms with van der Waals surface area (Å²) in [5.41, 5.74) is 0.701. The lowest BCUT2D eigenvalue weighted by atomic mass is 10.0. The molecule has 0 bridgehead atoms. The Morgan fingerprint density at radius 2 is 2.12 bits per heavy atom. The largest absolute Gasteiger partial charge is 0.332 e. The molecule has 2 N–H and O–H groups in total. The van der Waals surface area contributed by atoms with Gasteiger partial charge in [-0.25, -0.2) is 9.18 Å². The number of nitrogens with zero attached hydrogens (tertiary/aromatic N) is 2. The maximum Gasteiger partial charge on any atom is 0.325 e. The zero-order valence-corrected chi connectivity index (χ0v) is 13.6. The number of carbonyl (C=O) groups is 3. The number of hydrogen-bond acceptors (Lipinski definition) is 4. The first-order valence-electron chi connectivity index (χ1n) is 7.39. The molecule has 4 amide bonds. The highest BCUT2D eigenvalue weighted by Crippen LogP contribution is 2.23. The quantitative estimate of drug-likeness (QED) is 0.762. The van der Waals surface area contributed by atoms with E-state index in [0.29, 0.717) is 25.2 Å². The number of piperazine rings is 1. The molecule has 2 aliphatic rings. The molecule has 130 valence electrons. The molecule has 0 spiro atoms. The molecule has 1 aromatic carbocycles. The number of halogens is 2. The molecule has 2 saturated heterocycles. The molecule has 2 fully saturated rings. The van der Waals surface area contributed by atoms with Crippen molar-refractivity contribution >= 4 is 30.3 Å². The topological polar surface area (TPSA) is 81.8 Å². The van der Waals surface area contributed by atoms with Gasteiger partial charge in [-0.2, -0.15) is 0 Å².